The number of aliphatic hydroxyl groups is 1. The van der Waals surface area contributed by atoms with Crippen molar-refractivity contribution in [3.63, 3.8) is 0 Å². The molecule has 0 spiro atoms. The molecule has 0 rings (SSSR count). The van der Waals surface area contributed by atoms with E-state index in [-0.39, 0.29) is 25.7 Å². The molecule has 17 nitrogen and oxygen atoms in total. The number of carbonyl (C=O) groups is 4. The van der Waals surface area contributed by atoms with E-state index in [1.807, 2.05) is 0 Å². The van der Waals surface area contributed by atoms with Crippen molar-refractivity contribution in [2.24, 2.45) is 5.92 Å². The first-order valence-corrected chi connectivity index (χ1v) is 41.5. The number of phosphoric acid groups is 2. The number of esters is 4. The third kappa shape index (κ3) is 66.8. The lowest BCUT2D eigenvalue weighted by Gasteiger charge is -2.21. The number of unbranched alkanes of at least 4 members (excludes halogenated alkanes) is 41. The van der Waals surface area contributed by atoms with Gasteiger partial charge in [-0.1, -0.05) is 316 Å². The van der Waals surface area contributed by atoms with Gasteiger partial charge in [0.25, 0.3) is 0 Å². The highest BCUT2D eigenvalue weighted by Crippen LogP contribution is 2.45. The van der Waals surface area contributed by atoms with Crippen LogP contribution in [-0.4, -0.2) is 96.7 Å². The second kappa shape index (κ2) is 67.7. The fraction of sp³-hybridized carbons (Fsp3) is 0.893. The van der Waals surface area contributed by atoms with E-state index >= 15 is 0 Å². The van der Waals surface area contributed by atoms with E-state index in [9.17, 15) is 43.2 Å². The van der Waals surface area contributed by atoms with E-state index in [0.29, 0.717) is 25.7 Å². The summed E-state index contributed by atoms with van der Waals surface area (Å²) in [4.78, 5) is 72.8. The summed E-state index contributed by atoms with van der Waals surface area (Å²) < 4.78 is 68.5. The van der Waals surface area contributed by atoms with Gasteiger partial charge in [-0.2, -0.15) is 0 Å². The van der Waals surface area contributed by atoms with Crippen molar-refractivity contribution in [2.75, 3.05) is 39.6 Å². The van der Waals surface area contributed by atoms with Crippen LogP contribution in [0.5, 0.6) is 0 Å². The van der Waals surface area contributed by atoms with Gasteiger partial charge in [0.1, 0.15) is 19.3 Å². The smallest absolute Gasteiger partial charge is 0.462 e. The molecule has 0 fully saturated rings. The predicted octanol–water partition coefficient (Wildman–Crippen LogP) is 21.6. The Morgan fingerprint density at radius 1 is 0.340 bits per heavy atom. The molecule has 3 N–H and O–H groups in total. The summed E-state index contributed by atoms with van der Waals surface area (Å²) in [5.74, 6) is -1.34. The van der Waals surface area contributed by atoms with Crippen LogP contribution in [0, 0.1) is 5.92 Å². The highest BCUT2D eigenvalue weighted by atomic mass is 31.2. The predicted molar refractivity (Wildman–Crippen MR) is 381 cm³/mol. The number of allylic oxidation sites excluding steroid dienone is 4. The molecule has 19 heteroatoms. The summed E-state index contributed by atoms with van der Waals surface area (Å²) in [5.41, 5.74) is 0. The standard InChI is InChI=1S/C75H142O17P2/c1-6-10-13-16-19-22-25-27-29-31-34-41-46-51-56-61-75(80)92-71(65-86-73(78)59-54-49-44-39-36-35-37-42-47-52-57-68(5)9-4)67-90-94(83,84)88-63-69(76)62-87-93(81,82)89-66-70(64-85-72(77)58-53-48-43-38-32-24-21-18-15-12-8-3)91-74(79)60-55-50-45-40-33-30-28-26-23-20-17-14-11-7-2/h22,25,27,29,68-71,76H,6-21,23-24,26,28,30-67H2,1-5H3,(H,81,82)(H,83,84)/b25-22-,29-27-/t68?,69-,70+,71+/m0/s1. The van der Waals surface area contributed by atoms with Gasteiger partial charge in [0.15, 0.2) is 12.2 Å². The highest BCUT2D eigenvalue weighted by Gasteiger charge is 2.30. The second-order valence-corrected chi connectivity index (χ2v) is 29.5. The van der Waals surface area contributed by atoms with Crippen molar-refractivity contribution in [1.29, 1.82) is 0 Å². The molecule has 0 amide bonds. The Hall–Kier alpha value is -2.46. The summed E-state index contributed by atoms with van der Waals surface area (Å²) in [6.45, 7) is 7.25. The fourth-order valence-electron chi connectivity index (χ4n) is 11.0. The Morgan fingerprint density at radius 3 is 0.904 bits per heavy atom. The van der Waals surface area contributed by atoms with E-state index in [1.54, 1.807) is 0 Å². The molecule has 3 unspecified atom stereocenters. The first kappa shape index (κ1) is 91.5. The van der Waals surface area contributed by atoms with Gasteiger partial charge in [-0.15, -0.1) is 0 Å². The van der Waals surface area contributed by atoms with Crippen LogP contribution in [0.2, 0.25) is 0 Å². The van der Waals surface area contributed by atoms with Crippen molar-refractivity contribution >= 4 is 39.5 Å². The van der Waals surface area contributed by atoms with E-state index in [4.69, 9.17) is 37.0 Å². The normalized spacial score (nSPS) is 14.4. The van der Waals surface area contributed by atoms with Crippen molar-refractivity contribution in [1.82, 2.24) is 0 Å². The molecule has 0 aliphatic carbocycles. The third-order valence-corrected chi connectivity index (χ3v) is 19.2. The third-order valence-electron chi connectivity index (χ3n) is 17.3. The molecule has 0 heterocycles. The Balaban J connectivity index is 5.30. The van der Waals surface area contributed by atoms with Gasteiger partial charge < -0.3 is 33.8 Å². The van der Waals surface area contributed by atoms with Gasteiger partial charge in [0.2, 0.25) is 0 Å². The van der Waals surface area contributed by atoms with Crippen LogP contribution in [0.3, 0.4) is 0 Å². The molecule has 0 aromatic heterocycles. The number of rotatable bonds is 73. The Labute approximate surface area is 573 Å². The van der Waals surface area contributed by atoms with E-state index in [1.165, 1.54) is 180 Å². The summed E-state index contributed by atoms with van der Waals surface area (Å²) >= 11 is 0. The maximum absolute atomic E-state index is 13.1. The molecule has 0 aromatic rings. The Kier molecular flexibility index (Phi) is 65.9. The Bertz CT molecular complexity index is 1900. The molecule has 6 atom stereocenters. The highest BCUT2D eigenvalue weighted by molar-refractivity contribution is 7.47. The molecule has 0 aliphatic heterocycles. The monoisotopic (exact) mass is 1380 g/mol. The number of hydrogen-bond donors (Lipinski definition) is 3. The van der Waals surface area contributed by atoms with E-state index in [2.05, 4.69) is 58.9 Å². The average molecular weight is 1380 g/mol. The zero-order chi connectivity index (χ0) is 69.1. The van der Waals surface area contributed by atoms with Crippen molar-refractivity contribution in [3.8, 4) is 0 Å². The number of hydrogen-bond acceptors (Lipinski definition) is 15. The van der Waals surface area contributed by atoms with E-state index < -0.39 is 97.5 Å². The zero-order valence-corrected chi connectivity index (χ0v) is 62.4. The van der Waals surface area contributed by atoms with Crippen molar-refractivity contribution in [2.45, 2.75) is 387 Å². The molecular formula is C75H142O17P2. The van der Waals surface area contributed by atoms with Crippen LogP contribution in [-0.2, 0) is 65.4 Å². The quantitative estimate of drug-likeness (QED) is 0.0169. The number of phosphoric ester groups is 2. The molecule has 0 aliphatic rings. The molecule has 0 bridgehead atoms. The minimum Gasteiger partial charge on any atom is -0.462 e. The van der Waals surface area contributed by atoms with E-state index in [0.717, 1.165) is 109 Å². The molecule has 0 saturated carbocycles. The molecule has 0 saturated heterocycles. The largest absolute Gasteiger partial charge is 0.472 e. The molecule has 554 valence electrons. The second-order valence-electron chi connectivity index (χ2n) is 26.6. The summed E-state index contributed by atoms with van der Waals surface area (Å²) in [6.07, 6.45) is 58.8. The van der Waals surface area contributed by atoms with Gasteiger partial charge in [0, 0.05) is 25.7 Å². The number of carbonyl (C=O) groups excluding carboxylic acids is 4. The average Bonchev–Trinajstić information content (AvgIpc) is 1.87. The SMILES string of the molecule is CCCCCC/C=C\C=C/CCCCCCCC(=O)O[C@H](COC(=O)CCCCCCCCCCCCC(C)CC)COP(=O)(O)OC[C@@H](O)COP(=O)(O)OC[C@@H](COC(=O)CCCCCCCCCCCCC)OC(=O)CCCCCCCCCCCCCCCC. The summed E-state index contributed by atoms with van der Waals surface area (Å²) in [6, 6.07) is 0. The maximum atomic E-state index is 13.1. The van der Waals surface area contributed by atoms with Crippen molar-refractivity contribution in [3.05, 3.63) is 24.3 Å². The van der Waals surface area contributed by atoms with Gasteiger partial charge in [-0.05, 0) is 57.3 Å². The first-order chi connectivity index (χ1) is 45.6. The zero-order valence-electron chi connectivity index (χ0n) is 60.6. The molecule has 94 heavy (non-hydrogen) atoms. The number of ether oxygens (including phenoxy) is 4. The van der Waals surface area contributed by atoms with Crippen LogP contribution in [0.1, 0.15) is 369 Å². The first-order valence-electron chi connectivity index (χ1n) is 38.5. The van der Waals surface area contributed by atoms with Crippen LogP contribution >= 0.6 is 15.6 Å². The lowest BCUT2D eigenvalue weighted by molar-refractivity contribution is -0.161. The lowest BCUT2D eigenvalue weighted by atomic mass is 9.99. The number of aliphatic hydroxyl groups excluding tert-OH is 1. The van der Waals surface area contributed by atoms with Crippen LogP contribution in [0.15, 0.2) is 24.3 Å². The van der Waals surface area contributed by atoms with Gasteiger partial charge >= 0.3 is 39.5 Å². The van der Waals surface area contributed by atoms with Crippen LogP contribution < -0.4 is 0 Å². The minimum atomic E-state index is -4.96. The molecular weight excluding hydrogens is 1230 g/mol. The van der Waals surface area contributed by atoms with Gasteiger partial charge in [-0.3, -0.25) is 37.3 Å². The van der Waals surface area contributed by atoms with Crippen molar-refractivity contribution < 1.29 is 80.2 Å². The fourth-order valence-corrected chi connectivity index (χ4v) is 12.5. The van der Waals surface area contributed by atoms with Crippen LogP contribution in [0.25, 0.3) is 0 Å². The Morgan fingerprint density at radius 2 is 0.596 bits per heavy atom. The minimum absolute atomic E-state index is 0.0852. The lowest BCUT2D eigenvalue weighted by Crippen LogP contribution is -2.30. The molecule has 0 radical (unpaired) electrons. The summed E-state index contributed by atoms with van der Waals surface area (Å²) in [7, 11) is -9.92. The van der Waals surface area contributed by atoms with Gasteiger partial charge in [0.05, 0.1) is 26.4 Å². The van der Waals surface area contributed by atoms with Gasteiger partial charge in [-0.25, -0.2) is 9.13 Å². The summed E-state index contributed by atoms with van der Waals surface area (Å²) in [5, 5.41) is 10.6. The topological polar surface area (TPSA) is 237 Å². The van der Waals surface area contributed by atoms with Crippen LogP contribution in [0.4, 0.5) is 0 Å². The maximum Gasteiger partial charge on any atom is 0.472 e. The molecule has 0 aromatic carbocycles.